The number of carbonyl (C=O) groups is 4. The minimum Gasteiger partial charge on any atom is -0.465 e. The lowest BCUT2D eigenvalue weighted by atomic mass is 9.38. The lowest BCUT2D eigenvalue weighted by Crippen LogP contribution is -2.67. The van der Waals surface area contributed by atoms with Crippen LogP contribution < -0.4 is 0 Å². The average molecular weight is 475 g/mol. The van der Waals surface area contributed by atoms with E-state index < -0.39 is 51.4 Å². The lowest BCUT2D eigenvalue weighted by molar-refractivity contribution is -0.229. The average Bonchev–Trinajstić information content (AvgIpc) is 2.91. The summed E-state index contributed by atoms with van der Waals surface area (Å²) in [6, 6.07) is 0. The molecule has 0 aliphatic heterocycles. The van der Waals surface area contributed by atoms with Crippen LogP contribution in [0, 0.1) is 57.7 Å². The first-order valence-electron chi connectivity index (χ1n) is 12.4. The topological polar surface area (TPSA) is 116 Å². The first-order valence-corrected chi connectivity index (χ1v) is 12.4. The van der Waals surface area contributed by atoms with Gasteiger partial charge < -0.3 is 19.3 Å². The molecule has 0 aromatic heterocycles. The molecule has 0 radical (unpaired) electrons. The maximum absolute atomic E-state index is 13.6. The lowest BCUT2D eigenvalue weighted by Gasteiger charge is -2.65. The predicted molar refractivity (Wildman–Crippen MR) is 116 cm³/mol. The van der Waals surface area contributed by atoms with Gasteiger partial charge in [0.1, 0.15) is 11.9 Å². The van der Waals surface area contributed by atoms with Crippen LogP contribution in [-0.4, -0.2) is 52.7 Å². The molecule has 8 nitrogen and oxygen atoms in total. The van der Waals surface area contributed by atoms with Crippen LogP contribution in [0.2, 0.25) is 0 Å². The summed E-state index contributed by atoms with van der Waals surface area (Å²) in [4.78, 5) is 49.9. The van der Waals surface area contributed by atoms with Gasteiger partial charge in [0.15, 0.2) is 5.60 Å². The SMILES string of the molecule is CC(=O)OC[C@@]12C[C@H]3C(=O)[C@@]1(C)C1[C@@H]3[C@]3(O)[C@H]([C@@H]4C(C)(C)[C@]4(OC(C)=O)[C@H](OC(C)=O)[C@H]3C)[C@H]12. The Hall–Kier alpha value is -1.96. The molecule has 0 amide bonds. The zero-order chi connectivity index (χ0) is 25.0. The van der Waals surface area contributed by atoms with Gasteiger partial charge in [-0.25, -0.2) is 0 Å². The summed E-state index contributed by atoms with van der Waals surface area (Å²) in [7, 11) is 0. The highest BCUT2D eigenvalue weighted by molar-refractivity contribution is 5.96. The van der Waals surface area contributed by atoms with Gasteiger partial charge in [-0.2, -0.15) is 0 Å². The van der Waals surface area contributed by atoms with E-state index in [-0.39, 0.29) is 53.9 Å². The van der Waals surface area contributed by atoms with Crippen molar-refractivity contribution in [3.05, 3.63) is 0 Å². The Bertz CT molecular complexity index is 1070. The van der Waals surface area contributed by atoms with Crippen LogP contribution in [-0.2, 0) is 33.4 Å². The number of hydrogen-bond acceptors (Lipinski definition) is 8. The number of aliphatic hydroxyl groups is 1. The van der Waals surface area contributed by atoms with E-state index in [1.54, 1.807) is 0 Å². The second-order valence-electron chi connectivity index (χ2n) is 12.7. The highest BCUT2D eigenvalue weighted by Gasteiger charge is 2.99. The quantitative estimate of drug-likeness (QED) is 0.485. The number of ether oxygens (including phenoxy) is 3. The second kappa shape index (κ2) is 5.88. The second-order valence-corrected chi connectivity index (χ2v) is 12.7. The van der Waals surface area contributed by atoms with Crippen LogP contribution in [0.25, 0.3) is 0 Å². The number of fused-ring (bicyclic) bond motifs is 8. The molecule has 0 aromatic carbocycles. The maximum Gasteiger partial charge on any atom is 0.303 e. The van der Waals surface area contributed by atoms with Crippen molar-refractivity contribution in [1.29, 1.82) is 0 Å². The van der Waals surface area contributed by atoms with E-state index in [9.17, 15) is 24.3 Å². The maximum atomic E-state index is 13.6. The molecule has 6 saturated carbocycles. The number of hydrogen-bond donors (Lipinski definition) is 1. The zero-order valence-corrected chi connectivity index (χ0v) is 20.8. The molecule has 0 saturated heterocycles. The minimum absolute atomic E-state index is 0.0192. The normalized spacial score (nSPS) is 56.2. The van der Waals surface area contributed by atoms with Gasteiger partial charge in [0.25, 0.3) is 0 Å². The van der Waals surface area contributed by atoms with Crippen molar-refractivity contribution in [3.63, 3.8) is 0 Å². The van der Waals surface area contributed by atoms with Gasteiger partial charge >= 0.3 is 17.9 Å². The van der Waals surface area contributed by atoms with Crippen molar-refractivity contribution in [3.8, 4) is 0 Å². The Morgan fingerprint density at radius 3 is 2.15 bits per heavy atom. The van der Waals surface area contributed by atoms with Gasteiger partial charge in [0.05, 0.1) is 12.2 Å². The van der Waals surface area contributed by atoms with Crippen molar-refractivity contribution < 1.29 is 38.5 Å². The number of carbonyl (C=O) groups excluding carboxylic acids is 4. The number of Topliss-reactive ketones (excluding diaryl/α,β-unsaturated/α-hetero) is 1. The molecule has 0 aromatic rings. The minimum atomic E-state index is -1.25. The molecule has 6 rings (SSSR count). The van der Waals surface area contributed by atoms with E-state index in [1.807, 2.05) is 27.7 Å². The fourth-order valence-electron chi connectivity index (χ4n) is 10.9. The van der Waals surface area contributed by atoms with Crippen molar-refractivity contribution in [2.75, 3.05) is 6.61 Å². The van der Waals surface area contributed by atoms with Crippen LogP contribution in [0.15, 0.2) is 0 Å². The Kier molecular flexibility index (Phi) is 3.89. The molecule has 186 valence electrons. The fraction of sp³-hybridized carbons (Fsp3) is 0.846. The zero-order valence-electron chi connectivity index (χ0n) is 20.8. The monoisotopic (exact) mass is 474 g/mol. The van der Waals surface area contributed by atoms with E-state index in [0.717, 1.165) is 0 Å². The molecule has 8 heteroatoms. The van der Waals surface area contributed by atoms with Crippen molar-refractivity contribution >= 4 is 23.7 Å². The summed E-state index contributed by atoms with van der Waals surface area (Å²) >= 11 is 0. The standard InChI is InChI=1S/C26H34O8/c1-10-21(33-12(3)28)26(34-13(4)29)19(22(26,5)6)18-17-16-15(25(10,18)31)14-8-24(17,9-32-11(2)27)23(16,7)20(14)30/h10,14-19,21,31H,8-9H2,1-7H3/t10-,14-,15-,16?,17+,18+,19-,21-,23-,24-,25+,26-/m1/s1. The number of ketones is 1. The van der Waals surface area contributed by atoms with Crippen molar-refractivity contribution in [2.45, 2.75) is 72.2 Å². The summed E-state index contributed by atoms with van der Waals surface area (Å²) in [6.45, 7) is 12.1. The smallest absolute Gasteiger partial charge is 0.303 e. The van der Waals surface area contributed by atoms with Gasteiger partial charge in [-0.3, -0.25) is 19.2 Å². The van der Waals surface area contributed by atoms with E-state index in [4.69, 9.17) is 14.2 Å². The molecule has 2 bridgehead atoms. The van der Waals surface area contributed by atoms with Gasteiger partial charge in [-0.1, -0.05) is 27.7 Å². The molecule has 6 aliphatic carbocycles. The number of rotatable bonds is 4. The molecule has 0 heterocycles. The van der Waals surface area contributed by atoms with E-state index in [0.29, 0.717) is 6.42 Å². The van der Waals surface area contributed by atoms with Crippen LogP contribution in [0.3, 0.4) is 0 Å². The van der Waals surface area contributed by atoms with E-state index in [2.05, 4.69) is 0 Å². The Labute approximate surface area is 199 Å². The Morgan fingerprint density at radius 2 is 1.62 bits per heavy atom. The molecule has 12 atom stereocenters. The third-order valence-electron chi connectivity index (χ3n) is 11.7. The molecular weight excluding hydrogens is 440 g/mol. The summed E-state index contributed by atoms with van der Waals surface area (Å²) in [5.74, 6) is -2.76. The molecule has 1 unspecified atom stereocenters. The largest absolute Gasteiger partial charge is 0.465 e. The van der Waals surface area contributed by atoms with Crippen LogP contribution in [0.4, 0.5) is 0 Å². The van der Waals surface area contributed by atoms with Crippen LogP contribution in [0.5, 0.6) is 0 Å². The summed E-state index contributed by atoms with van der Waals surface area (Å²) in [6.07, 6.45) is -0.213. The summed E-state index contributed by atoms with van der Waals surface area (Å²) in [5, 5.41) is 12.6. The highest BCUT2D eigenvalue weighted by Crippen LogP contribution is 2.92. The molecule has 6 fully saturated rings. The van der Waals surface area contributed by atoms with Gasteiger partial charge in [0.2, 0.25) is 0 Å². The van der Waals surface area contributed by atoms with Gasteiger partial charge in [-0.05, 0) is 24.2 Å². The third-order valence-corrected chi connectivity index (χ3v) is 11.7. The van der Waals surface area contributed by atoms with Gasteiger partial charge in [-0.15, -0.1) is 0 Å². The third kappa shape index (κ3) is 1.88. The Morgan fingerprint density at radius 1 is 0.971 bits per heavy atom. The predicted octanol–water partition coefficient (Wildman–Crippen LogP) is 1.91. The molecule has 1 N–H and O–H groups in total. The molecule has 0 spiro atoms. The first kappa shape index (κ1) is 22.5. The van der Waals surface area contributed by atoms with Crippen LogP contribution in [0.1, 0.15) is 54.9 Å². The van der Waals surface area contributed by atoms with E-state index >= 15 is 0 Å². The molecular formula is C26H34O8. The van der Waals surface area contributed by atoms with E-state index in [1.165, 1.54) is 20.8 Å². The van der Waals surface area contributed by atoms with Crippen LogP contribution >= 0.6 is 0 Å². The summed E-state index contributed by atoms with van der Waals surface area (Å²) < 4.78 is 17.4. The highest BCUT2D eigenvalue weighted by atomic mass is 16.6. The number of esters is 3. The fourth-order valence-corrected chi connectivity index (χ4v) is 10.9. The van der Waals surface area contributed by atoms with Crippen molar-refractivity contribution in [1.82, 2.24) is 0 Å². The van der Waals surface area contributed by atoms with Crippen molar-refractivity contribution in [2.24, 2.45) is 57.7 Å². The molecule has 34 heavy (non-hydrogen) atoms. The summed E-state index contributed by atoms with van der Waals surface area (Å²) in [5.41, 5.74) is -3.99. The molecule has 6 aliphatic rings. The van der Waals surface area contributed by atoms with Gasteiger partial charge in [0, 0.05) is 60.7 Å². The Balaban J connectivity index is 1.53. The first-order chi connectivity index (χ1) is 15.7.